The highest BCUT2D eigenvalue weighted by Gasteiger charge is 2.23. The topological polar surface area (TPSA) is 65.6 Å². The van der Waals surface area contributed by atoms with E-state index in [1.54, 1.807) is 29.0 Å². The van der Waals surface area contributed by atoms with Crippen LogP contribution in [-0.2, 0) is 28.9 Å². The van der Waals surface area contributed by atoms with Crippen molar-refractivity contribution in [2.45, 2.75) is 39.2 Å². The van der Waals surface area contributed by atoms with Crippen molar-refractivity contribution in [2.75, 3.05) is 33.4 Å². The molecular formula is C33H38FN3O3. The number of hydrogen-bond donors (Lipinski definition) is 1. The number of carbonyl (C=O) groups is 2. The Hall–Kier alpha value is -3.97. The Morgan fingerprint density at radius 3 is 2.33 bits per heavy atom. The lowest BCUT2D eigenvalue weighted by atomic mass is 10.1. The molecule has 40 heavy (non-hydrogen) atoms. The second-order valence-corrected chi connectivity index (χ2v) is 10.1. The Balaban J connectivity index is 1.51. The summed E-state index contributed by atoms with van der Waals surface area (Å²) in [6.07, 6.45) is 5.81. The van der Waals surface area contributed by atoms with E-state index in [0.717, 1.165) is 41.3 Å². The number of benzene rings is 3. The van der Waals surface area contributed by atoms with Crippen molar-refractivity contribution in [1.29, 1.82) is 0 Å². The van der Waals surface area contributed by atoms with E-state index in [0.29, 0.717) is 38.2 Å². The van der Waals surface area contributed by atoms with Gasteiger partial charge in [-0.2, -0.15) is 0 Å². The lowest BCUT2D eigenvalue weighted by Gasteiger charge is -2.28. The fraction of sp³-hybridized carbons (Fsp3) is 0.333. The molecule has 0 saturated carbocycles. The summed E-state index contributed by atoms with van der Waals surface area (Å²) in [4.78, 5) is 33.8. The number of rotatable bonds is 14. The molecule has 1 N–H and O–H groups in total. The predicted molar refractivity (Wildman–Crippen MR) is 157 cm³/mol. The Bertz CT molecular complexity index is 1380. The van der Waals surface area contributed by atoms with Crippen LogP contribution in [0.2, 0.25) is 0 Å². The molecule has 0 aliphatic rings. The maximum absolute atomic E-state index is 13.7. The SMILES string of the molecule is CCCCc1ccc(C(=O)N(CCOC)CC(=O)N(CCc2c[nH]c3ccccc23)Cc2ccc(F)cc2)cc1. The predicted octanol–water partition coefficient (Wildman–Crippen LogP) is 6.01. The Labute approximate surface area is 235 Å². The number of aryl methyl sites for hydroxylation is 1. The van der Waals surface area contributed by atoms with Crippen molar-refractivity contribution < 1.29 is 18.7 Å². The Kier molecular flexibility index (Phi) is 10.5. The largest absolute Gasteiger partial charge is 0.383 e. The summed E-state index contributed by atoms with van der Waals surface area (Å²) in [5.74, 6) is -0.698. The molecule has 0 aliphatic carbocycles. The van der Waals surface area contributed by atoms with Crippen LogP contribution in [0.25, 0.3) is 10.9 Å². The van der Waals surface area contributed by atoms with Gasteiger partial charge in [-0.3, -0.25) is 9.59 Å². The molecular weight excluding hydrogens is 505 g/mol. The number of methoxy groups -OCH3 is 1. The zero-order valence-corrected chi connectivity index (χ0v) is 23.4. The molecule has 0 spiro atoms. The minimum absolute atomic E-state index is 0.0745. The third kappa shape index (κ3) is 7.79. The molecule has 1 aromatic heterocycles. The molecule has 2 amide bonds. The molecule has 0 aliphatic heterocycles. The number of ether oxygens (including phenoxy) is 1. The summed E-state index contributed by atoms with van der Waals surface area (Å²) in [6, 6.07) is 21.9. The third-order valence-electron chi connectivity index (χ3n) is 7.16. The molecule has 0 saturated heterocycles. The molecule has 210 valence electrons. The number of nitrogens with one attached hydrogen (secondary N) is 1. The van der Waals surface area contributed by atoms with Crippen molar-refractivity contribution >= 4 is 22.7 Å². The fourth-order valence-corrected chi connectivity index (χ4v) is 4.79. The number of nitrogens with zero attached hydrogens (tertiary/aromatic N) is 2. The monoisotopic (exact) mass is 543 g/mol. The van der Waals surface area contributed by atoms with Crippen LogP contribution >= 0.6 is 0 Å². The average molecular weight is 544 g/mol. The van der Waals surface area contributed by atoms with Crippen molar-refractivity contribution in [3.8, 4) is 0 Å². The summed E-state index contributed by atoms with van der Waals surface area (Å²) >= 11 is 0. The number of aromatic amines is 1. The van der Waals surface area contributed by atoms with Gasteiger partial charge in [0.15, 0.2) is 0 Å². The van der Waals surface area contributed by atoms with E-state index in [9.17, 15) is 14.0 Å². The van der Waals surface area contributed by atoms with Crippen LogP contribution in [0.1, 0.15) is 46.8 Å². The first kappa shape index (κ1) is 29.0. The van der Waals surface area contributed by atoms with E-state index in [4.69, 9.17) is 4.74 Å². The fourth-order valence-electron chi connectivity index (χ4n) is 4.79. The Morgan fingerprint density at radius 1 is 0.875 bits per heavy atom. The molecule has 0 unspecified atom stereocenters. The van der Waals surface area contributed by atoms with E-state index in [2.05, 4.69) is 18.0 Å². The van der Waals surface area contributed by atoms with Gasteiger partial charge in [-0.25, -0.2) is 4.39 Å². The molecule has 0 fully saturated rings. The normalized spacial score (nSPS) is 11.1. The van der Waals surface area contributed by atoms with E-state index in [1.165, 1.54) is 17.7 Å². The molecule has 7 heteroatoms. The highest BCUT2D eigenvalue weighted by atomic mass is 19.1. The third-order valence-corrected chi connectivity index (χ3v) is 7.16. The summed E-state index contributed by atoms with van der Waals surface area (Å²) in [5, 5.41) is 1.12. The number of amides is 2. The zero-order chi connectivity index (χ0) is 28.3. The second kappa shape index (κ2) is 14.4. The lowest BCUT2D eigenvalue weighted by Crippen LogP contribution is -2.44. The van der Waals surface area contributed by atoms with E-state index in [-0.39, 0.29) is 24.2 Å². The van der Waals surface area contributed by atoms with Crippen LogP contribution in [0.15, 0.2) is 79.0 Å². The number of H-pyrrole nitrogens is 1. The number of halogens is 1. The molecule has 6 nitrogen and oxygen atoms in total. The van der Waals surface area contributed by atoms with Crippen LogP contribution in [0, 0.1) is 5.82 Å². The first-order valence-electron chi connectivity index (χ1n) is 13.9. The van der Waals surface area contributed by atoms with Gasteiger partial charge in [-0.15, -0.1) is 0 Å². The maximum Gasteiger partial charge on any atom is 0.254 e. The zero-order valence-electron chi connectivity index (χ0n) is 23.4. The average Bonchev–Trinajstić information content (AvgIpc) is 3.40. The van der Waals surface area contributed by atoms with Crippen LogP contribution in [0.3, 0.4) is 0 Å². The van der Waals surface area contributed by atoms with Crippen LogP contribution in [0.5, 0.6) is 0 Å². The quantitative estimate of drug-likeness (QED) is 0.212. The first-order valence-corrected chi connectivity index (χ1v) is 13.9. The van der Waals surface area contributed by atoms with Crippen molar-refractivity contribution in [3.63, 3.8) is 0 Å². The van der Waals surface area contributed by atoms with Gasteiger partial charge in [0.1, 0.15) is 12.4 Å². The van der Waals surface area contributed by atoms with Crippen LogP contribution < -0.4 is 0 Å². The van der Waals surface area contributed by atoms with Gasteiger partial charge in [0.2, 0.25) is 5.91 Å². The minimum Gasteiger partial charge on any atom is -0.383 e. The molecule has 4 rings (SSSR count). The summed E-state index contributed by atoms with van der Waals surface area (Å²) in [5.41, 5.74) is 4.73. The molecule has 3 aromatic carbocycles. The summed E-state index contributed by atoms with van der Waals surface area (Å²) in [6.45, 7) is 3.47. The molecule has 0 atom stereocenters. The van der Waals surface area contributed by atoms with Gasteiger partial charge in [0.25, 0.3) is 5.91 Å². The van der Waals surface area contributed by atoms with E-state index in [1.807, 2.05) is 48.7 Å². The van der Waals surface area contributed by atoms with Gasteiger partial charge in [0.05, 0.1) is 6.61 Å². The number of fused-ring (bicyclic) bond motifs is 1. The number of unbranched alkanes of at least 4 members (excludes halogenated alkanes) is 1. The molecule has 1 heterocycles. The van der Waals surface area contributed by atoms with Crippen LogP contribution in [0.4, 0.5) is 4.39 Å². The van der Waals surface area contributed by atoms with Crippen molar-refractivity contribution in [3.05, 3.63) is 107 Å². The van der Waals surface area contributed by atoms with Gasteiger partial charge in [0, 0.05) is 49.4 Å². The van der Waals surface area contributed by atoms with Gasteiger partial charge in [-0.1, -0.05) is 55.8 Å². The smallest absolute Gasteiger partial charge is 0.254 e. The van der Waals surface area contributed by atoms with Gasteiger partial charge < -0.3 is 19.5 Å². The van der Waals surface area contributed by atoms with Crippen molar-refractivity contribution in [1.82, 2.24) is 14.8 Å². The number of para-hydroxylation sites is 1. The summed E-state index contributed by atoms with van der Waals surface area (Å²) < 4.78 is 18.8. The standard InChI is InChI=1S/C33H38FN3O3/c1-3-4-7-25-10-14-27(15-11-25)33(39)37(20-21-40-2)24-32(38)36(23-26-12-16-29(34)17-13-26)19-18-28-22-35-31-9-6-5-8-30(28)31/h5-6,8-17,22,35H,3-4,7,18-21,23-24H2,1-2H3. The number of carbonyl (C=O) groups excluding carboxylic acids is 2. The number of hydrogen-bond acceptors (Lipinski definition) is 3. The van der Waals surface area contributed by atoms with Crippen molar-refractivity contribution in [2.24, 2.45) is 0 Å². The lowest BCUT2D eigenvalue weighted by molar-refractivity contribution is -0.132. The van der Waals surface area contributed by atoms with Crippen LogP contribution in [-0.4, -0.2) is 59.9 Å². The van der Waals surface area contributed by atoms with E-state index >= 15 is 0 Å². The molecule has 4 aromatic rings. The minimum atomic E-state index is -0.322. The van der Waals surface area contributed by atoms with E-state index < -0.39 is 0 Å². The molecule has 0 radical (unpaired) electrons. The highest BCUT2D eigenvalue weighted by Crippen LogP contribution is 2.19. The van der Waals surface area contributed by atoms with Gasteiger partial charge >= 0.3 is 0 Å². The Morgan fingerprint density at radius 2 is 1.60 bits per heavy atom. The summed E-state index contributed by atoms with van der Waals surface area (Å²) in [7, 11) is 1.58. The number of aromatic nitrogens is 1. The first-order chi connectivity index (χ1) is 19.5. The van der Waals surface area contributed by atoms with Gasteiger partial charge in [-0.05, 0) is 66.3 Å². The second-order valence-electron chi connectivity index (χ2n) is 10.1. The highest BCUT2D eigenvalue weighted by molar-refractivity contribution is 5.96. The maximum atomic E-state index is 13.7. The molecule has 0 bridgehead atoms.